The Hall–Kier alpha value is -2.01. The van der Waals surface area contributed by atoms with Gasteiger partial charge in [-0.3, -0.25) is 0 Å². The molecular formula is C21H26F3NO. The largest absolute Gasteiger partial charge is 0.493 e. The van der Waals surface area contributed by atoms with E-state index >= 15 is 0 Å². The van der Waals surface area contributed by atoms with Crippen LogP contribution in [0.1, 0.15) is 44.9 Å². The third-order valence-electron chi connectivity index (χ3n) is 4.29. The van der Waals surface area contributed by atoms with Gasteiger partial charge in [-0.15, -0.1) is 0 Å². The summed E-state index contributed by atoms with van der Waals surface area (Å²) in [5.41, 5.74) is 4.91. The van der Waals surface area contributed by atoms with Gasteiger partial charge in [0, 0.05) is 0 Å². The van der Waals surface area contributed by atoms with E-state index in [0.29, 0.717) is 6.61 Å². The lowest BCUT2D eigenvalue weighted by Gasteiger charge is -2.14. The number of benzene rings is 2. The van der Waals surface area contributed by atoms with Crippen LogP contribution >= 0.6 is 0 Å². The molecule has 2 aromatic rings. The highest BCUT2D eigenvalue weighted by Gasteiger charge is 2.19. The van der Waals surface area contributed by atoms with Crippen LogP contribution in [0.2, 0.25) is 0 Å². The van der Waals surface area contributed by atoms with Gasteiger partial charge in [-0.25, -0.2) is 13.2 Å². The highest BCUT2D eigenvalue weighted by molar-refractivity contribution is 5.72. The second-order valence-electron chi connectivity index (χ2n) is 6.32. The summed E-state index contributed by atoms with van der Waals surface area (Å²) in [6, 6.07) is 7.67. The maximum absolute atomic E-state index is 14.3. The fourth-order valence-electron chi connectivity index (χ4n) is 2.92. The summed E-state index contributed by atoms with van der Waals surface area (Å²) in [5.74, 6) is -2.15. The van der Waals surface area contributed by atoms with Gasteiger partial charge in [-0.1, -0.05) is 44.2 Å². The molecule has 26 heavy (non-hydrogen) atoms. The summed E-state index contributed by atoms with van der Waals surface area (Å²) in [7, 11) is 0. The molecule has 2 nitrogen and oxygen atoms in total. The van der Waals surface area contributed by atoms with Gasteiger partial charge in [-0.2, -0.15) is 0 Å². The fourth-order valence-corrected chi connectivity index (χ4v) is 2.92. The molecule has 0 fully saturated rings. The third-order valence-corrected chi connectivity index (χ3v) is 4.29. The van der Waals surface area contributed by atoms with Crippen LogP contribution in [0.25, 0.3) is 11.1 Å². The number of ether oxygens (including phenoxy) is 1. The molecule has 2 N–H and O–H groups in total. The van der Waals surface area contributed by atoms with Crippen LogP contribution in [0.5, 0.6) is 5.75 Å². The van der Waals surface area contributed by atoms with Gasteiger partial charge in [0.15, 0.2) is 0 Å². The van der Waals surface area contributed by atoms with Crippen molar-refractivity contribution in [1.82, 2.24) is 0 Å². The number of nitrogens with two attached hydrogens (primary N) is 1. The minimum Gasteiger partial charge on any atom is -0.493 e. The van der Waals surface area contributed by atoms with Crippen molar-refractivity contribution >= 4 is 0 Å². The van der Waals surface area contributed by atoms with Crippen molar-refractivity contribution in [3.63, 3.8) is 0 Å². The highest BCUT2D eigenvalue weighted by Crippen LogP contribution is 2.36. The third kappa shape index (κ3) is 5.77. The molecule has 2 aromatic carbocycles. The molecule has 0 unspecified atom stereocenters. The number of hydrogen-bond donors (Lipinski definition) is 1. The summed E-state index contributed by atoms with van der Waals surface area (Å²) < 4.78 is 48.0. The van der Waals surface area contributed by atoms with Crippen LogP contribution < -0.4 is 10.5 Å². The minimum absolute atomic E-state index is 0.162. The first-order valence-electron chi connectivity index (χ1n) is 9.21. The van der Waals surface area contributed by atoms with E-state index in [1.54, 1.807) is 0 Å². The molecule has 0 saturated carbocycles. The average Bonchev–Trinajstić information content (AvgIpc) is 2.62. The predicted molar refractivity (Wildman–Crippen MR) is 98.6 cm³/mol. The van der Waals surface area contributed by atoms with Crippen molar-refractivity contribution < 1.29 is 17.9 Å². The van der Waals surface area contributed by atoms with Crippen molar-refractivity contribution in [1.29, 1.82) is 0 Å². The summed E-state index contributed by atoms with van der Waals surface area (Å²) in [6.45, 7) is 1.13. The Labute approximate surface area is 153 Å². The molecule has 0 amide bonds. The van der Waals surface area contributed by atoms with Gasteiger partial charge in [0.25, 0.3) is 0 Å². The van der Waals surface area contributed by atoms with E-state index in [2.05, 4.69) is 0 Å². The van der Waals surface area contributed by atoms with Crippen LogP contribution in [0.15, 0.2) is 36.4 Å². The van der Waals surface area contributed by atoms with Crippen molar-refractivity contribution in [3.8, 4) is 16.9 Å². The Morgan fingerprint density at radius 2 is 1.15 bits per heavy atom. The lowest BCUT2D eigenvalue weighted by Crippen LogP contribution is -2.02. The maximum Gasteiger partial charge on any atom is 0.134 e. The molecule has 0 saturated heterocycles. The average molecular weight is 365 g/mol. The van der Waals surface area contributed by atoms with Gasteiger partial charge < -0.3 is 10.5 Å². The Balaban J connectivity index is 1.92. The number of rotatable bonds is 11. The Bertz CT molecular complexity index is 671. The number of halogens is 3. The van der Waals surface area contributed by atoms with E-state index in [9.17, 15) is 13.2 Å². The summed E-state index contributed by atoms with van der Waals surface area (Å²) in [4.78, 5) is 0. The van der Waals surface area contributed by atoms with E-state index in [0.717, 1.165) is 57.2 Å². The maximum atomic E-state index is 14.3. The second-order valence-corrected chi connectivity index (χ2v) is 6.32. The fraction of sp³-hybridized carbons (Fsp3) is 0.429. The van der Waals surface area contributed by atoms with Gasteiger partial charge in [0.1, 0.15) is 23.2 Å². The van der Waals surface area contributed by atoms with Gasteiger partial charge in [0.05, 0.1) is 17.7 Å². The van der Waals surface area contributed by atoms with Crippen molar-refractivity contribution in [2.24, 2.45) is 5.73 Å². The van der Waals surface area contributed by atoms with E-state index in [1.807, 2.05) is 0 Å². The molecule has 0 aromatic heterocycles. The SMILES string of the molecule is NCCCCCCCCCOc1cccc(F)c1-c1c(F)cccc1F. The minimum atomic E-state index is -0.808. The standard InChI is InChI=1S/C21H26F3NO/c22-16-10-8-11-17(23)20(16)21-18(24)12-9-13-19(21)26-15-7-5-3-1-2-4-6-14-25/h8-13H,1-7,14-15,25H2. The van der Waals surface area contributed by atoms with E-state index in [1.165, 1.54) is 30.7 Å². The van der Waals surface area contributed by atoms with E-state index < -0.39 is 17.5 Å². The number of unbranched alkanes of at least 4 members (excludes halogenated alkanes) is 6. The van der Waals surface area contributed by atoms with E-state index in [4.69, 9.17) is 10.5 Å². The Morgan fingerprint density at radius 1 is 0.654 bits per heavy atom. The molecule has 0 aliphatic heterocycles. The van der Waals surface area contributed by atoms with Gasteiger partial charge in [0.2, 0.25) is 0 Å². The Kier molecular flexibility index (Phi) is 8.48. The zero-order valence-electron chi connectivity index (χ0n) is 14.9. The predicted octanol–water partition coefficient (Wildman–Crippen LogP) is 5.84. The van der Waals surface area contributed by atoms with Crippen molar-refractivity contribution in [2.75, 3.05) is 13.2 Å². The quantitative estimate of drug-likeness (QED) is 0.508. The molecule has 0 spiro atoms. The van der Waals surface area contributed by atoms with Crippen LogP contribution in [-0.4, -0.2) is 13.2 Å². The second kappa shape index (κ2) is 10.9. The molecule has 0 aliphatic carbocycles. The monoisotopic (exact) mass is 365 g/mol. The molecule has 0 aliphatic rings. The summed E-state index contributed by atoms with van der Waals surface area (Å²) in [6.07, 6.45) is 7.48. The first kappa shape index (κ1) is 20.3. The molecule has 0 heterocycles. The lowest BCUT2D eigenvalue weighted by molar-refractivity contribution is 0.304. The van der Waals surface area contributed by atoms with Gasteiger partial charge in [-0.05, 0) is 43.7 Å². The molecular weight excluding hydrogens is 339 g/mol. The zero-order chi connectivity index (χ0) is 18.8. The van der Waals surface area contributed by atoms with Crippen molar-refractivity contribution in [3.05, 3.63) is 53.8 Å². The Morgan fingerprint density at radius 3 is 1.77 bits per heavy atom. The molecule has 142 valence electrons. The smallest absolute Gasteiger partial charge is 0.134 e. The van der Waals surface area contributed by atoms with Crippen LogP contribution in [0.4, 0.5) is 13.2 Å². The number of hydrogen-bond acceptors (Lipinski definition) is 2. The lowest BCUT2D eigenvalue weighted by atomic mass is 10.0. The molecule has 0 atom stereocenters. The zero-order valence-corrected chi connectivity index (χ0v) is 14.9. The molecule has 0 bridgehead atoms. The first-order chi connectivity index (χ1) is 12.6. The van der Waals surface area contributed by atoms with Crippen LogP contribution in [0, 0.1) is 17.5 Å². The van der Waals surface area contributed by atoms with Crippen molar-refractivity contribution in [2.45, 2.75) is 44.9 Å². The summed E-state index contributed by atoms with van der Waals surface area (Å²) >= 11 is 0. The van der Waals surface area contributed by atoms with Crippen LogP contribution in [0.3, 0.4) is 0 Å². The topological polar surface area (TPSA) is 35.2 Å². The summed E-state index contributed by atoms with van der Waals surface area (Å²) in [5, 5.41) is 0. The van der Waals surface area contributed by atoms with E-state index in [-0.39, 0.29) is 16.9 Å². The highest BCUT2D eigenvalue weighted by atomic mass is 19.1. The van der Waals surface area contributed by atoms with Gasteiger partial charge >= 0.3 is 0 Å². The van der Waals surface area contributed by atoms with Crippen LogP contribution in [-0.2, 0) is 0 Å². The normalized spacial score (nSPS) is 10.9. The first-order valence-corrected chi connectivity index (χ1v) is 9.21. The molecule has 2 rings (SSSR count). The molecule has 0 radical (unpaired) electrons. The molecule has 5 heteroatoms.